The Morgan fingerprint density at radius 1 is 0.952 bits per heavy atom. The molecule has 0 spiro atoms. The molecule has 21 heavy (non-hydrogen) atoms. The van der Waals surface area contributed by atoms with Gasteiger partial charge in [0.2, 0.25) is 5.75 Å². The summed E-state index contributed by atoms with van der Waals surface area (Å²) in [6.07, 6.45) is 2.83. The molecule has 0 fully saturated rings. The second-order valence-corrected chi connectivity index (χ2v) is 4.51. The number of ether oxygens (including phenoxy) is 3. The van der Waals surface area contributed by atoms with Crippen LogP contribution in [0, 0.1) is 0 Å². The largest absolute Gasteiger partial charge is 1.00 e. The third-order valence-electron chi connectivity index (χ3n) is 3.27. The molecule has 0 aliphatic carbocycles. The molecule has 1 aromatic heterocycles. The van der Waals surface area contributed by atoms with Gasteiger partial charge in [-0.3, -0.25) is 0 Å². The van der Waals surface area contributed by atoms with Crippen LogP contribution in [0.5, 0.6) is 17.2 Å². The van der Waals surface area contributed by atoms with Gasteiger partial charge in [0.1, 0.15) is 7.05 Å². The van der Waals surface area contributed by atoms with Crippen molar-refractivity contribution in [1.82, 2.24) is 0 Å². The van der Waals surface area contributed by atoms with Crippen molar-refractivity contribution in [2.75, 3.05) is 21.3 Å². The summed E-state index contributed by atoms with van der Waals surface area (Å²) in [6.45, 7) is 0. The highest BCUT2D eigenvalue weighted by Gasteiger charge is 2.15. The maximum Gasteiger partial charge on any atom is 0.203 e. The molecule has 2 rings (SSSR count). The van der Waals surface area contributed by atoms with Crippen LogP contribution in [-0.4, -0.2) is 21.3 Å². The van der Waals surface area contributed by atoms with Gasteiger partial charge in [-0.1, -0.05) is 6.07 Å². The highest BCUT2D eigenvalue weighted by atomic mass is 127. The Hall–Kier alpha value is -1.50. The number of rotatable bonds is 5. The molecule has 0 unspecified atom stereocenters. The maximum atomic E-state index is 5.38. The number of halogens is 1. The monoisotopic (exact) mass is 401 g/mol. The van der Waals surface area contributed by atoms with Crippen molar-refractivity contribution in [3.05, 3.63) is 47.8 Å². The first-order valence-corrected chi connectivity index (χ1v) is 6.42. The number of hydrogen-bond donors (Lipinski definition) is 0. The van der Waals surface area contributed by atoms with E-state index in [9.17, 15) is 0 Å². The average molecular weight is 401 g/mol. The lowest BCUT2D eigenvalue weighted by atomic mass is 10.1. The Morgan fingerprint density at radius 3 is 2.05 bits per heavy atom. The number of aromatic nitrogens is 1. The second kappa shape index (κ2) is 8.07. The maximum absolute atomic E-state index is 5.38. The van der Waals surface area contributed by atoms with Crippen LogP contribution in [0.3, 0.4) is 0 Å². The molecule has 0 atom stereocenters. The van der Waals surface area contributed by atoms with Gasteiger partial charge in [-0.2, -0.15) is 0 Å². The highest BCUT2D eigenvalue weighted by Crippen LogP contribution is 2.38. The van der Waals surface area contributed by atoms with Gasteiger partial charge in [0, 0.05) is 12.1 Å². The van der Waals surface area contributed by atoms with Gasteiger partial charge >= 0.3 is 0 Å². The quantitative estimate of drug-likeness (QED) is 0.483. The second-order valence-electron chi connectivity index (χ2n) is 4.51. The fourth-order valence-corrected chi connectivity index (χ4v) is 2.19. The highest BCUT2D eigenvalue weighted by molar-refractivity contribution is 5.54. The Bertz CT molecular complexity index is 577. The van der Waals surface area contributed by atoms with Gasteiger partial charge in [0.15, 0.2) is 23.4 Å². The standard InChI is InChI=1S/C16H20NO3.HI/c1-17-8-6-5-7-13(17)9-12-10-14(18-2)16(20-4)15(11-12)19-3;/h5-8,10-11H,9H2,1-4H3;1H/q+1;/p-1. The lowest BCUT2D eigenvalue weighted by molar-refractivity contribution is -0.678. The predicted molar refractivity (Wildman–Crippen MR) is 76.5 cm³/mol. The van der Waals surface area contributed by atoms with Crippen LogP contribution < -0.4 is 42.8 Å². The zero-order chi connectivity index (χ0) is 14.5. The number of methoxy groups -OCH3 is 3. The molecule has 0 N–H and O–H groups in total. The summed E-state index contributed by atoms with van der Waals surface area (Å²) in [6, 6.07) is 10.1. The molecule has 0 radical (unpaired) electrons. The summed E-state index contributed by atoms with van der Waals surface area (Å²) < 4.78 is 18.2. The van der Waals surface area contributed by atoms with Gasteiger partial charge in [0.25, 0.3) is 0 Å². The Labute approximate surface area is 142 Å². The Kier molecular flexibility index (Phi) is 6.74. The van der Waals surface area contributed by atoms with Crippen molar-refractivity contribution in [3.63, 3.8) is 0 Å². The molecule has 0 bridgehead atoms. The molecular formula is C16H20INO3. The van der Waals surface area contributed by atoms with Gasteiger partial charge in [0.05, 0.1) is 27.8 Å². The van der Waals surface area contributed by atoms with Crippen LogP contribution in [0.1, 0.15) is 11.3 Å². The topological polar surface area (TPSA) is 31.6 Å². The molecular weight excluding hydrogens is 381 g/mol. The van der Waals surface area contributed by atoms with Gasteiger partial charge in [-0.25, -0.2) is 4.57 Å². The smallest absolute Gasteiger partial charge is 0.203 e. The Morgan fingerprint density at radius 2 is 1.57 bits per heavy atom. The van der Waals surface area contributed by atoms with E-state index in [1.165, 1.54) is 5.69 Å². The molecule has 0 aliphatic rings. The Balaban J connectivity index is 0.00000220. The predicted octanol–water partition coefficient (Wildman–Crippen LogP) is -0.868. The fraction of sp³-hybridized carbons (Fsp3) is 0.312. The number of nitrogens with zero attached hydrogens (tertiary/aromatic N) is 1. The number of pyridine rings is 1. The zero-order valence-electron chi connectivity index (χ0n) is 12.7. The molecule has 0 aliphatic heterocycles. The number of benzene rings is 1. The summed E-state index contributed by atoms with van der Waals surface area (Å²) in [7, 11) is 6.90. The first-order valence-electron chi connectivity index (χ1n) is 6.42. The van der Waals surface area contributed by atoms with E-state index in [4.69, 9.17) is 14.2 Å². The fourth-order valence-electron chi connectivity index (χ4n) is 2.19. The van der Waals surface area contributed by atoms with Crippen LogP contribution in [0.25, 0.3) is 0 Å². The van der Waals surface area contributed by atoms with Crippen LogP contribution >= 0.6 is 0 Å². The molecule has 4 nitrogen and oxygen atoms in total. The lowest BCUT2D eigenvalue weighted by Crippen LogP contribution is -3.00. The van der Waals surface area contributed by atoms with Crippen molar-refractivity contribution in [2.24, 2.45) is 7.05 Å². The first kappa shape index (κ1) is 17.6. The van der Waals surface area contributed by atoms with E-state index in [1.54, 1.807) is 21.3 Å². The minimum Gasteiger partial charge on any atom is -1.00 e. The van der Waals surface area contributed by atoms with Crippen molar-refractivity contribution in [1.29, 1.82) is 0 Å². The van der Waals surface area contributed by atoms with Crippen molar-refractivity contribution < 1.29 is 42.8 Å². The zero-order valence-corrected chi connectivity index (χ0v) is 14.9. The summed E-state index contributed by atoms with van der Waals surface area (Å²) in [4.78, 5) is 0. The van der Waals surface area contributed by atoms with Crippen LogP contribution in [0.4, 0.5) is 0 Å². The number of aryl methyl sites for hydroxylation is 1. The molecule has 0 saturated heterocycles. The normalized spacial score (nSPS) is 9.71. The first-order chi connectivity index (χ1) is 9.69. The summed E-state index contributed by atoms with van der Waals surface area (Å²) in [5, 5.41) is 0. The average Bonchev–Trinajstić information content (AvgIpc) is 2.48. The van der Waals surface area contributed by atoms with E-state index < -0.39 is 0 Å². The van der Waals surface area contributed by atoms with Crippen LogP contribution in [0.15, 0.2) is 36.5 Å². The van der Waals surface area contributed by atoms with Crippen molar-refractivity contribution in [3.8, 4) is 17.2 Å². The van der Waals surface area contributed by atoms with E-state index in [0.717, 1.165) is 12.0 Å². The van der Waals surface area contributed by atoms with Crippen molar-refractivity contribution in [2.45, 2.75) is 6.42 Å². The number of hydrogen-bond acceptors (Lipinski definition) is 3. The summed E-state index contributed by atoms with van der Waals surface area (Å²) in [5.74, 6) is 1.98. The SMILES string of the molecule is COc1cc(Cc2cccc[n+]2C)cc(OC)c1OC.[I-]. The van der Waals surface area contributed by atoms with E-state index >= 15 is 0 Å². The molecule has 1 heterocycles. The lowest BCUT2D eigenvalue weighted by Gasteiger charge is -2.13. The molecule has 5 heteroatoms. The van der Waals surface area contributed by atoms with E-state index in [-0.39, 0.29) is 24.0 Å². The third-order valence-corrected chi connectivity index (χ3v) is 3.27. The molecule has 0 saturated carbocycles. The summed E-state index contributed by atoms with van der Waals surface area (Å²) >= 11 is 0. The van der Waals surface area contributed by atoms with Crippen molar-refractivity contribution >= 4 is 0 Å². The van der Waals surface area contributed by atoms with E-state index in [1.807, 2.05) is 37.5 Å². The molecule has 1 aromatic carbocycles. The minimum atomic E-state index is 0. The molecule has 2 aromatic rings. The van der Waals surface area contributed by atoms with Gasteiger partial charge < -0.3 is 38.2 Å². The van der Waals surface area contributed by atoms with E-state index in [2.05, 4.69) is 10.6 Å². The van der Waals surface area contributed by atoms with Crippen LogP contribution in [-0.2, 0) is 13.5 Å². The third kappa shape index (κ3) is 4.00. The van der Waals surface area contributed by atoms with Crippen LogP contribution in [0.2, 0.25) is 0 Å². The van der Waals surface area contributed by atoms with E-state index in [0.29, 0.717) is 17.2 Å². The van der Waals surface area contributed by atoms with Gasteiger partial charge in [-0.05, 0) is 17.7 Å². The molecule has 114 valence electrons. The summed E-state index contributed by atoms with van der Waals surface area (Å²) in [5.41, 5.74) is 2.32. The molecule has 0 amide bonds. The minimum absolute atomic E-state index is 0. The van der Waals surface area contributed by atoms with Gasteiger partial charge in [-0.15, -0.1) is 0 Å².